The van der Waals surface area contributed by atoms with Gasteiger partial charge in [-0.2, -0.15) is 8.75 Å². The average Bonchev–Trinajstić information content (AvgIpc) is 2.64. The highest BCUT2D eigenvalue weighted by molar-refractivity contribution is 6.99. The summed E-state index contributed by atoms with van der Waals surface area (Å²) in [5.41, 5.74) is 1.09. The fourth-order valence-electron chi connectivity index (χ4n) is 1.43. The third-order valence-corrected chi connectivity index (χ3v) is 2.71. The molecular formula is C10H19N3S. The van der Waals surface area contributed by atoms with Crippen LogP contribution in [0.1, 0.15) is 45.3 Å². The summed E-state index contributed by atoms with van der Waals surface area (Å²) in [4.78, 5) is 0. The summed E-state index contributed by atoms with van der Waals surface area (Å²) in [7, 11) is 0. The first-order valence-corrected chi connectivity index (χ1v) is 5.98. The maximum atomic E-state index is 4.28. The molecule has 0 saturated heterocycles. The first-order valence-electron chi connectivity index (χ1n) is 5.24. The van der Waals surface area contributed by atoms with Gasteiger partial charge in [0.1, 0.15) is 0 Å². The van der Waals surface area contributed by atoms with Gasteiger partial charge in [-0.25, -0.2) is 0 Å². The van der Waals surface area contributed by atoms with Crippen LogP contribution in [-0.4, -0.2) is 15.3 Å². The summed E-state index contributed by atoms with van der Waals surface area (Å²) in [6.07, 6.45) is 4.25. The van der Waals surface area contributed by atoms with Crippen molar-refractivity contribution < 1.29 is 0 Å². The van der Waals surface area contributed by atoms with Crippen molar-refractivity contribution in [2.75, 3.05) is 6.54 Å². The molecule has 0 aliphatic rings. The highest BCUT2D eigenvalue weighted by atomic mass is 32.1. The van der Waals surface area contributed by atoms with Gasteiger partial charge in [0, 0.05) is 0 Å². The lowest BCUT2D eigenvalue weighted by Gasteiger charge is -2.16. The SMILES string of the molecule is CCNC(CCC(C)C)c1cnsn1. The molecule has 1 unspecified atom stereocenters. The minimum absolute atomic E-state index is 0.390. The smallest absolute Gasteiger partial charge is 0.0912 e. The lowest BCUT2D eigenvalue weighted by atomic mass is 10.0. The van der Waals surface area contributed by atoms with Gasteiger partial charge in [0.2, 0.25) is 0 Å². The molecular weight excluding hydrogens is 194 g/mol. The Morgan fingerprint density at radius 3 is 2.71 bits per heavy atom. The van der Waals surface area contributed by atoms with Gasteiger partial charge in [0.15, 0.2) is 0 Å². The van der Waals surface area contributed by atoms with E-state index in [1.807, 2.05) is 6.20 Å². The quantitative estimate of drug-likeness (QED) is 0.789. The van der Waals surface area contributed by atoms with Crippen molar-refractivity contribution in [3.63, 3.8) is 0 Å². The van der Waals surface area contributed by atoms with Crippen LogP contribution >= 0.6 is 11.7 Å². The molecule has 0 radical (unpaired) electrons. The second kappa shape index (κ2) is 6.09. The molecule has 0 bridgehead atoms. The minimum Gasteiger partial charge on any atom is -0.309 e. The predicted molar refractivity (Wildman–Crippen MR) is 60.4 cm³/mol. The molecule has 14 heavy (non-hydrogen) atoms. The van der Waals surface area contributed by atoms with E-state index in [4.69, 9.17) is 0 Å². The van der Waals surface area contributed by atoms with Gasteiger partial charge >= 0.3 is 0 Å². The van der Waals surface area contributed by atoms with Crippen LogP contribution in [-0.2, 0) is 0 Å². The van der Waals surface area contributed by atoms with E-state index in [1.165, 1.54) is 18.1 Å². The molecule has 0 aliphatic carbocycles. The Hall–Kier alpha value is -0.480. The lowest BCUT2D eigenvalue weighted by molar-refractivity contribution is 0.443. The normalized spacial score (nSPS) is 13.4. The average molecular weight is 213 g/mol. The van der Waals surface area contributed by atoms with Crippen LogP contribution in [0.2, 0.25) is 0 Å². The number of hydrogen-bond donors (Lipinski definition) is 1. The van der Waals surface area contributed by atoms with Crippen LogP contribution in [0.5, 0.6) is 0 Å². The number of aromatic nitrogens is 2. The number of rotatable bonds is 6. The van der Waals surface area contributed by atoms with Crippen molar-refractivity contribution in [2.45, 2.75) is 39.7 Å². The van der Waals surface area contributed by atoms with Gasteiger partial charge < -0.3 is 5.32 Å². The van der Waals surface area contributed by atoms with Crippen molar-refractivity contribution in [1.29, 1.82) is 0 Å². The number of hydrogen-bond acceptors (Lipinski definition) is 4. The standard InChI is InChI=1S/C10H19N3S/c1-4-11-9(6-5-8(2)3)10-7-12-14-13-10/h7-9,11H,4-6H2,1-3H3. The maximum Gasteiger partial charge on any atom is 0.0912 e. The monoisotopic (exact) mass is 213 g/mol. The maximum absolute atomic E-state index is 4.28. The molecule has 4 heteroatoms. The van der Waals surface area contributed by atoms with Crippen molar-refractivity contribution >= 4 is 11.7 Å². The highest BCUT2D eigenvalue weighted by Crippen LogP contribution is 2.19. The van der Waals surface area contributed by atoms with E-state index in [1.54, 1.807) is 0 Å². The van der Waals surface area contributed by atoms with Gasteiger partial charge in [0.05, 0.1) is 29.7 Å². The zero-order chi connectivity index (χ0) is 10.4. The first kappa shape index (κ1) is 11.6. The van der Waals surface area contributed by atoms with Crippen LogP contribution in [0, 0.1) is 5.92 Å². The van der Waals surface area contributed by atoms with Crippen LogP contribution in [0.25, 0.3) is 0 Å². The summed E-state index contributed by atoms with van der Waals surface area (Å²) in [6.45, 7) is 7.62. The number of nitrogens with zero attached hydrogens (tertiary/aromatic N) is 2. The molecule has 1 rings (SSSR count). The molecule has 0 amide bonds. The van der Waals surface area contributed by atoms with Crippen LogP contribution < -0.4 is 5.32 Å². The highest BCUT2D eigenvalue weighted by Gasteiger charge is 2.13. The topological polar surface area (TPSA) is 37.8 Å². The van der Waals surface area contributed by atoms with E-state index in [-0.39, 0.29) is 0 Å². The predicted octanol–water partition coefficient (Wildman–Crippen LogP) is 2.62. The molecule has 1 N–H and O–H groups in total. The summed E-state index contributed by atoms with van der Waals surface area (Å²) in [5.74, 6) is 0.753. The summed E-state index contributed by atoms with van der Waals surface area (Å²) in [6, 6.07) is 0.390. The van der Waals surface area contributed by atoms with Crippen LogP contribution in [0.15, 0.2) is 6.20 Å². The molecule has 3 nitrogen and oxygen atoms in total. The molecule has 1 aromatic rings. The Bertz CT molecular complexity index is 234. The van der Waals surface area contributed by atoms with E-state index >= 15 is 0 Å². The Morgan fingerprint density at radius 1 is 1.43 bits per heavy atom. The minimum atomic E-state index is 0.390. The van der Waals surface area contributed by atoms with Gasteiger partial charge in [-0.1, -0.05) is 20.8 Å². The van der Waals surface area contributed by atoms with E-state index < -0.39 is 0 Å². The Kier molecular flexibility index (Phi) is 5.04. The van der Waals surface area contributed by atoms with Crippen molar-refractivity contribution in [3.05, 3.63) is 11.9 Å². The molecule has 1 aromatic heterocycles. The first-order chi connectivity index (χ1) is 6.74. The Balaban J connectivity index is 2.47. The van der Waals surface area contributed by atoms with E-state index in [0.29, 0.717) is 6.04 Å². The Labute approximate surface area is 90.3 Å². The molecule has 0 aromatic carbocycles. The summed E-state index contributed by atoms with van der Waals surface area (Å²) in [5, 5.41) is 3.44. The molecule has 0 spiro atoms. The third-order valence-electron chi connectivity index (χ3n) is 2.22. The molecule has 0 fully saturated rings. The number of nitrogens with one attached hydrogen (secondary N) is 1. The second-order valence-corrected chi connectivity index (χ2v) is 4.47. The molecule has 80 valence electrons. The largest absolute Gasteiger partial charge is 0.309 e. The fourth-order valence-corrected chi connectivity index (χ4v) is 1.90. The van der Waals surface area contributed by atoms with Gasteiger partial charge in [-0.3, -0.25) is 0 Å². The third kappa shape index (κ3) is 3.72. The van der Waals surface area contributed by atoms with Crippen LogP contribution in [0.3, 0.4) is 0 Å². The van der Waals surface area contributed by atoms with Crippen molar-refractivity contribution in [3.8, 4) is 0 Å². The van der Waals surface area contributed by atoms with E-state index in [2.05, 4.69) is 34.8 Å². The fraction of sp³-hybridized carbons (Fsp3) is 0.800. The molecule has 1 atom stereocenters. The molecule has 0 aliphatic heterocycles. The van der Waals surface area contributed by atoms with Crippen LogP contribution in [0.4, 0.5) is 0 Å². The zero-order valence-electron chi connectivity index (χ0n) is 9.16. The van der Waals surface area contributed by atoms with Gasteiger partial charge in [-0.05, 0) is 25.3 Å². The van der Waals surface area contributed by atoms with Crippen molar-refractivity contribution in [1.82, 2.24) is 14.1 Å². The lowest BCUT2D eigenvalue weighted by Crippen LogP contribution is -2.21. The van der Waals surface area contributed by atoms with Crippen molar-refractivity contribution in [2.24, 2.45) is 5.92 Å². The second-order valence-electron chi connectivity index (χ2n) is 3.91. The molecule has 0 saturated carbocycles. The van der Waals surface area contributed by atoms with Gasteiger partial charge in [0.25, 0.3) is 0 Å². The zero-order valence-corrected chi connectivity index (χ0v) is 9.97. The molecule has 1 heterocycles. The summed E-state index contributed by atoms with van der Waals surface area (Å²) >= 11 is 1.29. The van der Waals surface area contributed by atoms with E-state index in [9.17, 15) is 0 Å². The van der Waals surface area contributed by atoms with E-state index in [0.717, 1.165) is 24.6 Å². The summed E-state index contributed by atoms with van der Waals surface area (Å²) < 4.78 is 8.32. The van der Waals surface area contributed by atoms with Gasteiger partial charge in [-0.15, -0.1) is 0 Å². The Morgan fingerprint density at radius 2 is 2.21 bits per heavy atom.